The molecule has 0 saturated carbocycles. The van der Waals surface area contributed by atoms with Crippen LogP contribution in [0.5, 0.6) is 5.75 Å². The van der Waals surface area contributed by atoms with Crippen LogP contribution in [0.3, 0.4) is 0 Å². The minimum atomic E-state index is 0.682. The van der Waals surface area contributed by atoms with Crippen molar-refractivity contribution < 1.29 is 4.74 Å². The summed E-state index contributed by atoms with van der Waals surface area (Å²) in [5.41, 5.74) is 1.47. The summed E-state index contributed by atoms with van der Waals surface area (Å²) in [6.07, 6.45) is 4.65. The fraction of sp³-hybridized carbons (Fsp3) is 0.385. The number of ether oxygens (including phenoxy) is 1. The molecule has 1 aliphatic heterocycles. The number of nitrogens with one attached hydrogen (secondary N) is 1. The number of benzene rings is 1. The summed E-state index contributed by atoms with van der Waals surface area (Å²) in [5, 5.41) is 3.36. The van der Waals surface area contributed by atoms with E-state index in [1.54, 1.807) is 0 Å². The Bertz CT molecular complexity index is 311. The number of hydrogen-bond acceptors (Lipinski definition) is 2. The monoisotopic (exact) mass is 203 g/mol. The molecule has 1 saturated heterocycles. The predicted octanol–water partition coefficient (Wildman–Crippen LogP) is 2.38. The zero-order valence-corrected chi connectivity index (χ0v) is 8.91. The molecule has 0 unspecified atom stereocenters. The summed E-state index contributed by atoms with van der Waals surface area (Å²) in [5.74, 6) is 0.943. The summed E-state index contributed by atoms with van der Waals surface area (Å²) >= 11 is 0. The highest BCUT2D eigenvalue weighted by atomic mass is 16.5. The topological polar surface area (TPSA) is 21.3 Å². The van der Waals surface area contributed by atoms with E-state index in [4.69, 9.17) is 4.74 Å². The molecular weight excluding hydrogens is 186 g/mol. The smallest absolute Gasteiger partial charge is 0.119 e. The maximum atomic E-state index is 5.60. The molecule has 0 aliphatic carbocycles. The lowest BCUT2D eigenvalue weighted by atomic mass is 10.1. The van der Waals surface area contributed by atoms with Crippen LogP contribution in [0, 0.1) is 0 Å². The van der Waals surface area contributed by atoms with E-state index >= 15 is 0 Å². The third kappa shape index (κ3) is 3.40. The highest BCUT2D eigenvalue weighted by Gasteiger charge is 2.03. The van der Waals surface area contributed by atoms with Crippen molar-refractivity contribution in [3.8, 4) is 5.75 Å². The molecule has 1 N–H and O–H groups in total. The molecule has 1 fully saturated rings. The molecule has 0 amide bonds. The second kappa shape index (κ2) is 5.56. The van der Waals surface area contributed by atoms with Gasteiger partial charge in [-0.1, -0.05) is 23.8 Å². The van der Waals surface area contributed by atoms with E-state index in [9.17, 15) is 0 Å². The van der Waals surface area contributed by atoms with Crippen molar-refractivity contribution in [3.05, 3.63) is 42.0 Å². The maximum absolute atomic E-state index is 5.60. The van der Waals surface area contributed by atoms with Gasteiger partial charge in [-0.2, -0.15) is 0 Å². The van der Waals surface area contributed by atoms with Crippen LogP contribution >= 0.6 is 0 Å². The minimum absolute atomic E-state index is 0.682. The van der Waals surface area contributed by atoms with Gasteiger partial charge in [0.2, 0.25) is 0 Å². The third-order valence-electron chi connectivity index (χ3n) is 2.57. The first-order valence-corrected chi connectivity index (χ1v) is 5.51. The highest BCUT2D eigenvalue weighted by Crippen LogP contribution is 2.10. The Morgan fingerprint density at radius 1 is 1.27 bits per heavy atom. The van der Waals surface area contributed by atoms with E-state index in [0.29, 0.717) is 6.61 Å². The molecule has 2 heteroatoms. The van der Waals surface area contributed by atoms with Crippen LogP contribution in [-0.2, 0) is 0 Å². The van der Waals surface area contributed by atoms with E-state index in [1.165, 1.54) is 18.4 Å². The zero-order chi connectivity index (χ0) is 10.3. The Kier molecular flexibility index (Phi) is 3.80. The molecular formula is C13H17NO. The summed E-state index contributed by atoms with van der Waals surface area (Å²) in [7, 11) is 0. The molecule has 0 bridgehead atoms. The van der Waals surface area contributed by atoms with Crippen molar-refractivity contribution in [2.75, 3.05) is 19.7 Å². The van der Waals surface area contributed by atoms with Crippen molar-refractivity contribution in [3.63, 3.8) is 0 Å². The van der Waals surface area contributed by atoms with E-state index in [2.05, 4.69) is 11.4 Å². The fourth-order valence-corrected chi connectivity index (χ4v) is 1.72. The Balaban J connectivity index is 1.78. The highest BCUT2D eigenvalue weighted by molar-refractivity contribution is 5.21. The molecule has 1 aromatic carbocycles. The van der Waals surface area contributed by atoms with Crippen molar-refractivity contribution in [1.29, 1.82) is 0 Å². The molecule has 15 heavy (non-hydrogen) atoms. The van der Waals surface area contributed by atoms with Crippen molar-refractivity contribution in [1.82, 2.24) is 5.32 Å². The van der Waals surface area contributed by atoms with Gasteiger partial charge in [0.1, 0.15) is 12.4 Å². The number of para-hydroxylation sites is 1. The first-order chi connectivity index (χ1) is 7.45. The minimum Gasteiger partial charge on any atom is -0.490 e. The van der Waals surface area contributed by atoms with Crippen LogP contribution < -0.4 is 10.1 Å². The number of piperidine rings is 1. The lowest BCUT2D eigenvalue weighted by Crippen LogP contribution is -2.24. The van der Waals surface area contributed by atoms with E-state index in [0.717, 1.165) is 18.8 Å². The van der Waals surface area contributed by atoms with E-state index in [1.807, 2.05) is 30.3 Å². The molecule has 2 rings (SSSR count). The lowest BCUT2D eigenvalue weighted by molar-refractivity contribution is 0.360. The molecule has 0 aromatic heterocycles. The first kappa shape index (κ1) is 10.2. The molecule has 1 aromatic rings. The quantitative estimate of drug-likeness (QED) is 0.761. The second-order valence-corrected chi connectivity index (χ2v) is 3.77. The summed E-state index contributed by atoms with van der Waals surface area (Å²) in [6.45, 7) is 2.86. The molecule has 2 nitrogen and oxygen atoms in total. The van der Waals surface area contributed by atoms with E-state index < -0.39 is 0 Å². The molecule has 0 atom stereocenters. The van der Waals surface area contributed by atoms with Crippen LogP contribution in [0.4, 0.5) is 0 Å². The largest absolute Gasteiger partial charge is 0.490 e. The van der Waals surface area contributed by atoms with Gasteiger partial charge in [-0.3, -0.25) is 0 Å². The number of rotatable bonds is 3. The van der Waals surface area contributed by atoms with Crippen LogP contribution in [-0.4, -0.2) is 19.7 Å². The number of hydrogen-bond donors (Lipinski definition) is 1. The summed E-state index contributed by atoms with van der Waals surface area (Å²) < 4.78 is 5.60. The average Bonchev–Trinajstić information content (AvgIpc) is 2.32. The fourth-order valence-electron chi connectivity index (χ4n) is 1.72. The molecule has 0 radical (unpaired) electrons. The Hall–Kier alpha value is -1.28. The van der Waals surface area contributed by atoms with Gasteiger partial charge in [0.05, 0.1) is 0 Å². The first-order valence-electron chi connectivity index (χ1n) is 5.51. The van der Waals surface area contributed by atoms with Gasteiger partial charge in [-0.05, 0) is 37.6 Å². The molecule has 1 heterocycles. The van der Waals surface area contributed by atoms with Crippen LogP contribution in [0.2, 0.25) is 0 Å². The van der Waals surface area contributed by atoms with Crippen LogP contribution in [0.15, 0.2) is 42.0 Å². The van der Waals surface area contributed by atoms with Crippen LogP contribution in [0.1, 0.15) is 12.8 Å². The second-order valence-electron chi connectivity index (χ2n) is 3.77. The molecule has 1 aliphatic rings. The molecule has 80 valence electrons. The Morgan fingerprint density at radius 2 is 2.13 bits per heavy atom. The zero-order valence-electron chi connectivity index (χ0n) is 8.91. The van der Waals surface area contributed by atoms with Gasteiger partial charge in [0, 0.05) is 6.54 Å². The average molecular weight is 203 g/mol. The van der Waals surface area contributed by atoms with Crippen molar-refractivity contribution in [2.24, 2.45) is 0 Å². The third-order valence-corrected chi connectivity index (χ3v) is 2.57. The van der Waals surface area contributed by atoms with Gasteiger partial charge in [0.25, 0.3) is 0 Å². The van der Waals surface area contributed by atoms with Crippen LogP contribution in [0.25, 0.3) is 0 Å². The lowest BCUT2D eigenvalue weighted by Gasteiger charge is -2.15. The normalized spacial score (nSPS) is 19.1. The van der Waals surface area contributed by atoms with Crippen molar-refractivity contribution in [2.45, 2.75) is 12.8 Å². The standard InChI is InChI=1S/C13H17NO/c1-2-6-13(7-3-1)15-10-8-12-5-4-9-14-11-12/h1-3,6-8,14H,4-5,9-11H2/b12-8+. The Morgan fingerprint density at radius 3 is 2.87 bits per heavy atom. The molecule has 0 spiro atoms. The van der Waals surface area contributed by atoms with Gasteiger partial charge in [-0.15, -0.1) is 0 Å². The maximum Gasteiger partial charge on any atom is 0.119 e. The van der Waals surface area contributed by atoms with Crippen molar-refractivity contribution >= 4 is 0 Å². The van der Waals surface area contributed by atoms with Gasteiger partial charge in [0.15, 0.2) is 0 Å². The predicted molar refractivity (Wildman–Crippen MR) is 62.1 cm³/mol. The van der Waals surface area contributed by atoms with Gasteiger partial charge < -0.3 is 10.1 Å². The SMILES string of the molecule is C(/COc1ccccc1)=C1/CCCNC1. The Labute approximate surface area is 91.0 Å². The van der Waals surface area contributed by atoms with Gasteiger partial charge >= 0.3 is 0 Å². The van der Waals surface area contributed by atoms with E-state index in [-0.39, 0.29) is 0 Å². The summed E-state index contributed by atoms with van der Waals surface area (Å²) in [4.78, 5) is 0. The summed E-state index contributed by atoms with van der Waals surface area (Å²) in [6, 6.07) is 9.95. The van der Waals surface area contributed by atoms with Gasteiger partial charge in [-0.25, -0.2) is 0 Å².